The molecule has 2 fully saturated rings. The minimum atomic E-state index is -0.178. The first-order valence-corrected chi connectivity index (χ1v) is 8.15. The van der Waals surface area contributed by atoms with Crippen molar-refractivity contribution in [3.8, 4) is 0 Å². The molecule has 1 saturated heterocycles. The highest BCUT2D eigenvalue weighted by Gasteiger charge is 2.31. The van der Waals surface area contributed by atoms with E-state index >= 15 is 0 Å². The fourth-order valence-corrected chi connectivity index (χ4v) is 3.09. The van der Waals surface area contributed by atoms with Crippen molar-refractivity contribution in [3.63, 3.8) is 0 Å². The van der Waals surface area contributed by atoms with E-state index in [0.717, 1.165) is 31.4 Å². The van der Waals surface area contributed by atoms with Gasteiger partial charge in [-0.3, -0.25) is 9.59 Å². The van der Waals surface area contributed by atoms with Gasteiger partial charge in [0.05, 0.1) is 0 Å². The van der Waals surface area contributed by atoms with Crippen LogP contribution in [0.5, 0.6) is 0 Å². The van der Waals surface area contributed by atoms with Crippen LogP contribution in [0.3, 0.4) is 0 Å². The van der Waals surface area contributed by atoms with Crippen molar-refractivity contribution >= 4 is 11.8 Å². The zero-order chi connectivity index (χ0) is 15.7. The van der Waals surface area contributed by atoms with E-state index in [1.54, 1.807) is 6.07 Å². The van der Waals surface area contributed by atoms with Crippen molar-refractivity contribution in [3.05, 3.63) is 17.5 Å². The van der Waals surface area contributed by atoms with Gasteiger partial charge in [0.25, 0.3) is 5.91 Å². The number of hydrogen-bond acceptors (Lipinski definition) is 4. The summed E-state index contributed by atoms with van der Waals surface area (Å²) in [4.78, 5) is 26.0. The largest absolute Gasteiger partial charge is 0.360 e. The molecule has 1 aromatic heterocycles. The molecule has 2 aliphatic rings. The van der Waals surface area contributed by atoms with E-state index in [9.17, 15) is 9.59 Å². The molecule has 2 amide bonds. The van der Waals surface area contributed by atoms with Crippen molar-refractivity contribution in [2.45, 2.75) is 64.0 Å². The molecule has 6 heteroatoms. The van der Waals surface area contributed by atoms with Crippen molar-refractivity contribution in [1.29, 1.82) is 0 Å². The van der Waals surface area contributed by atoms with Gasteiger partial charge in [0.1, 0.15) is 5.76 Å². The molecule has 0 aromatic carbocycles. The number of likely N-dealkylation sites (tertiary alicyclic amines) is 1. The molecule has 1 aliphatic heterocycles. The summed E-state index contributed by atoms with van der Waals surface area (Å²) in [6, 6.07) is 2.00. The number of nitrogens with one attached hydrogen (secondary N) is 1. The van der Waals surface area contributed by atoms with E-state index in [4.69, 9.17) is 4.52 Å². The number of amides is 2. The van der Waals surface area contributed by atoms with Crippen LogP contribution in [0.4, 0.5) is 0 Å². The van der Waals surface area contributed by atoms with Crippen LogP contribution in [0.1, 0.15) is 68.1 Å². The lowest BCUT2D eigenvalue weighted by atomic mass is 9.97. The molecule has 1 aliphatic carbocycles. The summed E-state index contributed by atoms with van der Waals surface area (Å²) in [6.07, 6.45) is 4.35. The Morgan fingerprint density at radius 1 is 1.41 bits per heavy atom. The average molecular weight is 305 g/mol. The molecular weight excluding hydrogens is 282 g/mol. The Bertz CT molecular complexity index is 565. The van der Waals surface area contributed by atoms with Crippen molar-refractivity contribution in [2.75, 3.05) is 6.54 Å². The second kappa shape index (κ2) is 6.10. The summed E-state index contributed by atoms with van der Waals surface area (Å²) in [6.45, 7) is 4.61. The number of piperidine rings is 1. The fraction of sp³-hybridized carbons (Fsp3) is 0.688. The molecule has 1 unspecified atom stereocenters. The van der Waals surface area contributed by atoms with E-state index in [1.807, 2.05) is 18.7 Å². The molecule has 0 bridgehead atoms. The van der Waals surface area contributed by atoms with Crippen LogP contribution in [-0.2, 0) is 4.79 Å². The molecule has 3 rings (SSSR count). The number of carbonyl (C=O) groups excluding carboxylic acids is 2. The summed E-state index contributed by atoms with van der Waals surface area (Å²) in [5.74, 6) is 1.28. The standard InChI is InChI=1S/C16H23N3O3/c1-3-15(20)19-7-6-12(8-10(19)2)17-16(21)13-9-14(22-18-13)11-4-5-11/h9-12H,3-8H2,1-2H3,(H,17,21)/t10-,12?/m0/s1. The Hall–Kier alpha value is -1.85. The Morgan fingerprint density at radius 3 is 2.82 bits per heavy atom. The van der Waals surface area contributed by atoms with Crippen molar-refractivity contribution in [1.82, 2.24) is 15.4 Å². The van der Waals surface area contributed by atoms with E-state index in [1.165, 1.54) is 0 Å². The Kier molecular flexibility index (Phi) is 4.18. The van der Waals surface area contributed by atoms with Crippen molar-refractivity contribution < 1.29 is 14.1 Å². The lowest BCUT2D eigenvalue weighted by Gasteiger charge is -2.37. The van der Waals surface area contributed by atoms with Crippen molar-refractivity contribution in [2.24, 2.45) is 0 Å². The van der Waals surface area contributed by atoms with Crippen LogP contribution in [-0.4, -0.2) is 40.5 Å². The highest BCUT2D eigenvalue weighted by Crippen LogP contribution is 2.40. The summed E-state index contributed by atoms with van der Waals surface area (Å²) in [5, 5.41) is 6.88. The molecule has 2 heterocycles. The van der Waals surface area contributed by atoms with Crippen LogP contribution < -0.4 is 5.32 Å². The zero-order valence-electron chi connectivity index (χ0n) is 13.2. The third-order valence-corrected chi connectivity index (χ3v) is 4.57. The lowest BCUT2D eigenvalue weighted by molar-refractivity contribution is -0.134. The summed E-state index contributed by atoms with van der Waals surface area (Å²) >= 11 is 0. The van der Waals surface area contributed by atoms with E-state index in [-0.39, 0.29) is 23.9 Å². The molecule has 1 aromatic rings. The highest BCUT2D eigenvalue weighted by atomic mass is 16.5. The second-order valence-electron chi connectivity index (χ2n) is 6.37. The number of hydrogen-bond donors (Lipinski definition) is 1. The predicted octanol–water partition coefficient (Wildman–Crippen LogP) is 2.07. The average Bonchev–Trinajstić information content (AvgIpc) is 3.23. The normalized spacial score (nSPS) is 25.1. The van der Waals surface area contributed by atoms with Gasteiger partial charge in [0, 0.05) is 37.0 Å². The molecular formula is C16H23N3O3. The smallest absolute Gasteiger partial charge is 0.273 e. The van der Waals surface area contributed by atoms with E-state index in [0.29, 0.717) is 24.6 Å². The molecule has 1 saturated carbocycles. The SMILES string of the molecule is CCC(=O)N1CCC(NC(=O)c2cc(C3CC3)on2)C[C@@H]1C. The van der Waals surface area contributed by atoms with Crippen LogP contribution in [0.25, 0.3) is 0 Å². The van der Waals surface area contributed by atoms with Crippen LogP contribution >= 0.6 is 0 Å². The van der Waals surface area contributed by atoms with E-state index < -0.39 is 0 Å². The minimum Gasteiger partial charge on any atom is -0.360 e. The van der Waals surface area contributed by atoms with E-state index in [2.05, 4.69) is 10.5 Å². The topological polar surface area (TPSA) is 75.4 Å². The molecule has 120 valence electrons. The van der Waals surface area contributed by atoms with Gasteiger partial charge in [0.15, 0.2) is 5.69 Å². The maximum absolute atomic E-state index is 12.2. The van der Waals surface area contributed by atoms with Gasteiger partial charge in [-0.1, -0.05) is 12.1 Å². The molecule has 2 atom stereocenters. The lowest BCUT2D eigenvalue weighted by Crippen LogP contribution is -2.50. The van der Waals surface area contributed by atoms with Crippen LogP contribution in [0.2, 0.25) is 0 Å². The first kappa shape index (κ1) is 15.1. The van der Waals surface area contributed by atoms with Gasteiger partial charge in [-0.25, -0.2) is 0 Å². The Labute approximate surface area is 130 Å². The Morgan fingerprint density at radius 2 is 2.18 bits per heavy atom. The molecule has 1 N–H and O–H groups in total. The summed E-state index contributed by atoms with van der Waals surface area (Å²) < 4.78 is 5.22. The van der Waals surface area contributed by atoms with Gasteiger partial charge >= 0.3 is 0 Å². The van der Waals surface area contributed by atoms with Gasteiger partial charge in [-0.15, -0.1) is 0 Å². The number of aromatic nitrogens is 1. The number of rotatable bonds is 4. The minimum absolute atomic E-state index is 0.0875. The third-order valence-electron chi connectivity index (χ3n) is 4.57. The Balaban J connectivity index is 1.54. The monoisotopic (exact) mass is 305 g/mol. The zero-order valence-corrected chi connectivity index (χ0v) is 13.2. The first-order valence-electron chi connectivity index (χ1n) is 8.15. The number of carbonyl (C=O) groups is 2. The molecule has 6 nitrogen and oxygen atoms in total. The highest BCUT2D eigenvalue weighted by molar-refractivity contribution is 5.92. The summed E-state index contributed by atoms with van der Waals surface area (Å²) in [5.41, 5.74) is 0.363. The molecule has 22 heavy (non-hydrogen) atoms. The fourth-order valence-electron chi connectivity index (χ4n) is 3.09. The van der Waals surface area contributed by atoms with Gasteiger partial charge in [0.2, 0.25) is 5.91 Å². The predicted molar refractivity (Wildman–Crippen MR) is 80.4 cm³/mol. The second-order valence-corrected chi connectivity index (χ2v) is 6.37. The maximum Gasteiger partial charge on any atom is 0.273 e. The van der Waals surface area contributed by atoms with Crippen LogP contribution in [0, 0.1) is 0 Å². The first-order chi connectivity index (χ1) is 10.6. The third kappa shape index (κ3) is 3.15. The van der Waals surface area contributed by atoms with Crippen LogP contribution in [0.15, 0.2) is 10.6 Å². The van der Waals surface area contributed by atoms with Gasteiger partial charge in [-0.2, -0.15) is 0 Å². The van der Waals surface area contributed by atoms with Gasteiger partial charge in [-0.05, 0) is 32.6 Å². The molecule has 0 spiro atoms. The van der Waals surface area contributed by atoms with Gasteiger partial charge < -0.3 is 14.7 Å². The quantitative estimate of drug-likeness (QED) is 0.924. The molecule has 0 radical (unpaired) electrons. The summed E-state index contributed by atoms with van der Waals surface area (Å²) in [7, 11) is 0. The number of nitrogens with zero attached hydrogens (tertiary/aromatic N) is 2. The maximum atomic E-state index is 12.2.